The van der Waals surface area contributed by atoms with Crippen LogP contribution in [0, 0.1) is 5.92 Å². The fourth-order valence-electron chi connectivity index (χ4n) is 2.26. The van der Waals surface area contributed by atoms with Gasteiger partial charge in [0.2, 0.25) is 5.91 Å². The van der Waals surface area contributed by atoms with Gasteiger partial charge in [0.25, 0.3) is 0 Å². The van der Waals surface area contributed by atoms with E-state index in [0.29, 0.717) is 18.8 Å². The molecule has 1 aliphatic carbocycles. The van der Waals surface area contributed by atoms with Crippen molar-refractivity contribution >= 4 is 11.9 Å². The maximum absolute atomic E-state index is 11.8. The van der Waals surface area contributed by atoms with Crippen molar-refractivity contribution in [3.8, 4) is 0 Å². The van der Waals surface area contributed by atoms with Gasteiger partial charge >= 0.3 is 5.97 Å². The molecule has 0 saturated heterocycles. The van der Waals surface area contributed by atoms with Gasteiger partial charge in [-0.2, -0.15) is 0 Å². The molecule has 0 unspecified atom stereocenters. The van der Waals surface area contributed by atoms with Gasteiger partial charge in [-0.05, 0) is 31.6 Å². The van der Waals surface area contributed by atoms with Crippen molar-refractivity contribution in [1.29, 1.82) is 0 Å². The third-order valence-electron chi connectivity index (χ3n) is 3.59. The van der Waals surface area contributed by atoms with Crippen LogP contribution >= 0.6 is 0 Å². The lowest BCUT2D eigenvalue weighted by Gasteiger charge is -2.36. The number of hydrogen-bond acceptors (Lipinski definition) is 3. The third-order valence-corrected chi connectivity index (χ3v) is 3.59. The Kier molecular flexibility index (Phi) is 5.14. The molecule has 104 valence electrons. The first kappa shape index (κ1) is 15.0. The van der Waals surface area contributed by atoms with Crippen molar-refractivity contribution in [1.82, 2.24) is 10.6 Å². The van der Waals surface area contributed by atoms with E-state index in [-0.39, 0.29) is 18.5 Å². The summed E-state index contributed by atoms with van der Waals surface area (Å²) in [6.07, 6.45) is 2.75. The number of aliphatic carboxylic acids is 1. The van der Waals surface area contributed by atoms with Crippen LogP contribution in [0.2, 0.25) is 0 Å². The molecule has 0 radical (unpaired) electrons. The van der Waals surface area contributed by atoms with E-state index in [1.807, 2.05) is 13.8 Å². The van der Waals surface area contributed by atoms with Crippen LogP contribution in [0.1, 0.15) is 46.5 Å². The first-order valence-corrected chi connectivity index (χ1v) is 6.63. The highest BCUT2D eigenvalue weighted by molar-refractivity contribution is 5.88. The molecule has 3 N–H and O–H groups in total. The van der Waals surface area contributed by atoms with Gasteiger partial charge < -0.3 is 15.7 Å². The van der Waals surface area contributed by atoms with E-state index in [2.05, 4.69) is 17.6 Å². The SMILES string of the molecule is CC1CCC(NC(=O)CNC(C)C)(C(=O)O)CC1. The largest absolute Gasteiger partial charge is 0.480 e. The summed E-state index contributed by atoms with van der Waals surface area (Å²) in [4.78, 5) is 23.2. The van der Waals surface area contributed by atoms with Crippen molar-refractivity contribution < 1.29 is 14.7 Å². The number of amides is 1. The van der Waals surface area contributed by atoms with Gasteiger partial charge in [0.15, 0.2) is 0 Å². The van der Waals surface area contributed by atoms with Gasteiger partial charge in [-0.15, -0.1) is 0 Å². The van der Waals surface area contributed by atoms with Crippen molar-refractivity contribution in [3.05, 3.63) is 0 Å². The smallest absolute Gasteiger partial charge is 0.329 e. The summed E-state index contributed by atoms with van der Waals surface area (Å²) in [6, 6.07) is 0.211. The highest BCUT2D eigenvalue weighted by atomic mass is 16.4. The summed E-state index contributed by atoms with van der Waals surface area (Å²) in [6.45, 7) is 6.18. The van der Waals surface area contributed by atoms with Crippen LogP contribution in [-0.4, -0.2) is 35.1 Å². The minimum atomic E-state index is -1.05. The Morgan fingerprint density at radius 3 is 2.33 bits per heavy atom. The standard InChI is InChI=1S/C13H24N2O3/c1-9(2)14-8-11(16)15-13(12(17)18)6-4-10(3)5-7-13/h9-10,14H,4-8H2,1-3H3,(H,15,16)(H,17,18). The zero-order valence-corrected chi connectivity index (χ0v) is 11.5. The second-order valence-electron chi connectivity index (χ2n) is 5.65. The number of hydrogen-bond donors (Lipinski definition) is 3. The van der Waals surface area contributed by atoms with Crippen LogP contribution in [0.5, 0.6) is 0 Å². The fourth-order valence-corrected chi connectivity index (χ4v) is 2.26. The van der Waals surface area contributed by atoms with Crippen LogP contribution in [0.25, 0.3) is 0 Å². The molecular formula is C13H24N2O3. The minimum absolute atomic E-state index is 0.169. The van der Waals surface area contributed by atoms with E-state index < -0.39 is 11.5 Å². The number of carboxylic acid groups (broad SMARTS) is 1. The molecule has 1 fully saturated rings. The lowest BCUT2D eigenvalue weighted by molar-refractivity contribution is -0.149. The van der Waals surface area contributed by atoms with E-state index in [4.69, 9.17) is 0 Å². The summed E-state index contributed by atoms with van der Waals surface area (Å²) in [7, 11) is 0. The second-order valence-corrected chi connectivity index (χ2v) is 5.65. The monoisotopic (exact) mass is 256 g/mol. The van der Waals surface area contributed by atoms with E-state index in [1.165, 1.54) is 0 Å². The first-order chi connectivity index (χ1) is 8.35. The molecule has 0 aromatic carbocycles. The number of carbonyl (C=O) groups is 2. The zero-order valence-electron chi connectivity index (χ0n) is 11.5. The molecular weight excluding hydrogens is 232 g/mol. The molecule has 5 heteroatoms. The number of carbonyl (C=O) groups excluding carboxylic acids is 1. The molecule has 0 heterocycles. The van der Waals surface area contributed by atoms with Crippen LogP contribution in [-0.2, 0) is 9.59 Å². The lowest BCUT2D eigenvalue weighted by atomic mass is 9.77. The normalized spacial score (nSPS) is 28.1. The zero-order chi connectivity index (χ0) is 13.8. The van der Waals surface area contributed by atoms with E-state index in [0.717, 1.165) is 12.8 Å². The Labute approximate surface area is 108 Å². The minimum Gasteiger partial charge on any atom is -0.480 e. The Bertz CT molecular complexity index is 307. The van der Waals surface area contributed by atoms with Crippen LogP contribution in [0.3, 0.4) is 0 Å². The van der Waals surface area contributed by atoms with Crippen molar-refractivity contribution in [2.24, 2.45) is 5.92 Å². The predicted molar refractivity (Wildman–Crippen MR) is 69.3 cm³/mol. The molecule has 0 spiro atoms. The summed E-state index contributed by atoms with van der Waals surface area (Å²) in [5.41, 5.74) is -1.05. The highest BCUT2D eigenvalue weighted by Crippen LogP contribution is 2.32. The first-order valence-electron chi connectivity index (χ1n) is 6.63. The van der Waals surface area contributed by atoms with E-state index in [1.54, 1.807) is 0 Å². The summed E-state index contributed by atoms with van der Waals surface area (Å²) < 4.78 is 0. The topological polar surface area (TPSA) is 78.4 Å². The van der Waals surface area contributed by atoms with Gasteiger partial charge in [-0.3, -0.25) is 4.79 Å². The van der Waals surface area contributed by atoms with E-state index >= 15 is 0 Å². The Balaban J connectivity index is 2.58. The molecule has 0 aromatic heterocycles. The molecule has 0 atom stereocenters. The highest BCUT2D eigenvalue weighted by Gasteiger charge is 2.42. The van der Waals surface area contributed by atoms with Gasteiger partial charge in [-0.1, -0.05) is 20.8 Å². The van der Waals surface area contributed by atoms with Crippen molar-refractivity contribution in [2.45, 2.75) is 58.0 Å². The molecule has 1 rings (SSSR count). The maximum atomic E-state index is 11.8. The molecule has 0 aliphatic heterocycles. The van der Waals surface area contributed by atoms with Crippen LogP contribution in [0.4, 0.5) is 0 Å². The second kappa shape index (κ2) is 6.18. The van der Waals surface area contributed by atoms with Crippen LogP contribution < -0.4 is 10.6 Å². The summed E-state index contributed by atoms with van der Waals surface area (Å²) in [5.74, 6) is -0.601. The molecule has 0 bridgehead atoms. The summed E-state index contributed by atoms with van der Waals surface area (Å²) in [5, 5.41) is 15.1. The quantitative estimate of drug-likeness (QED) is 0.689. The molecule has 18 heavy (non-hydrogen) atoms. The summed E-state index contributed by atoms with van der Waals surface area (Å²) >= 11 is 0. The van der Waals surface area contributed by atoms with Gasteiger partial charge in [-0.25, -0.2) is 4.79 Å². The molecule has 0 aromatic rings. The number of nitrogens with one attached hydrogen (secondary N) is 2. The predicted octanol–water partition coefficient (Wildman–Crippen LogP) is 1.13. The number of carboxylic acids is 1. The average Bonchev–Trinajstić information content (AvgIpc) is 2.29. The van der Waals surface area contributed by atoms with Crippen LogP contribution in [0.15, 0.2) is 0 Å². The van der Waals surface area contributed by atoms with Gasteiger partial charge in [0.1, 0.15) is 5.54 Å². The average molecular weight is 256 g/mol. The Morgan fingerprint density at radius 2 is 1.89 bits per heavy atom. The molecule has 5 nitrogen and oxygen atoms in total. The van der Waals surface area contributed by atoms with Crippen molar-refractivity contribution in [3.63, 3.8) is 0 Å². The van der Waals surface area contributed by atoms with Crippen molar-refractivity contribution in [2.75, 3.05) is 6.54 Å². The Hall–Kier alpha value is -1.10. The Morgan fingerprint density at radius 1 is 1.33 bits per heavy atom. The molecule has 1 amide bonds. The third kappa shape index (κ3) is 3.98. The molecule has 1 saturated carbocycles. The van der Waals surface area contributed by atoms with Gasteiger partial charge in [0, 0.05) is 6.04 Å². The number of rotatable bonds is 5. The molecule has 1 aliphatic rings. The maximum Gasteiger partial charge on any atom is 0.329 e. The van der Waals surface area contributed by atoms with E-state index in [9.17, 15) is 14.7 Å². The lowest BCUT2D eigenvalue weighted by Crippen LogP contribution is -2.58. The van der Waals surface area contributed by atoms with Gasteiger partial charge in [0.05, 0.1) is 6.54 Å². The fraction of sp³-hybridized carbons (Fsp3) is 0.846.